The second-order valence-corrected chi connectivity index (χ2v) is 36.8. The molecule has 2 nitrogen and oxygen atoms in total. The van der Waals surface area contributed by atoms with Gasteiger partial charge in [0.25, 0.3) is 0 Å². The molecule has 104 heavy (non-hydrogen) atoms. The molecular formula is C100H94B2N2. The van der Waals surface area contributed by atoms with Gasteiger partial charge in [0.1, 0.15) is 0 Å². The van der Waals surface area contributed by atoms with Gasteiger partial charge in [0.2, 0.25) is 13.4 Å². The molecule has 4 heterocycles. The lowest BCUT2D eigenvalue weighted by molar-refractivity contribution is 0.550. The van der Waals surface area contributed by atoms with Gasteiger partial charge in [-0.05, 0) is 250 Å². The Kier molecular flexibility index (Phi) is 14.4. The molecule has 0 aliphatic carbocycles. The molecule has 18 rings (SSSR count). The minimum Gasteiger partial charge on any atom is -0.310 e. The highest BCUT2D eigenvalue weighted by molar-refractivity contribution is 7.03. The third-order valence-electron chi connectivity index (χ3n) is 23.7. The molecule has 0 fully saturated rings. The lowest BCUT2D eigenvalue weighted by Gasteiger charge is -2.37. The number of anilines is 6. The van der Waals surface area contributed by atoms with E-state index in [0.29, 0.717) is 0 Å². The Morgan fingerprint density at radius 1 is 0.212 bits per heavy atom. The van der Waals surface area contributed by atoms with Gasteiger partial charge in [0.15, 0.2) is 0 Å². The number of nitrogens with zero attached hydrogens (tertiary/aromatic N) is 2. The lowest BCUT2D eigenvalue weighted by atomic mass is 9.34. The summed E-state index contributed by atoms with van der Waals surface area (Å²) in [6, 6.07) is 94.9. The van der Waals surface area contributed by atoms with Crippen LogP contribution in [0.3, 0.4) is 0 Å². The molecule has 14 aromatic rings. The van der Waals surface area contributed by atoms with Gasteiger partial charge in [-0.2, -0.15) is 0 Å². The third kappa shape index (κ3) is 9.96. The van der Waals surface area contributed by atoms with E-state index in [1.165, 1.54) is 165 Å². The van der Waals surface area contributed by atoms with Crippen molar-refractivity contribution in [2.45, 2.75) is 157 Å². The van der Waals surface area contributed by atoms with E-state index in [4.69, 9.17) is 0 Å². The van der Waals surface area contributed by atoms with Gasteiger partial charge in [0.05, 0.1) is 0 Å². The van der Waals surface area contributed by atoms with Gasteiger partial charge in [-0.3, -0.25) is 0 Å². The van der Waals surface area contributed by atoms with E-state index >= 15 is 0 Å². The zero-order chi connectivity index (χ0) is 72.4. The van der Waals surface area contributed by atoms with E-state index in [2.05, 4.69) is 377 Å². The molecule has 0 spiro atoms. The van der Waals surface area contributed by atoms with Gasteiger partial charge < -0.3 is 9.80 Å². The Morgan fingerprint density at radius 2 is 0.481 bits per heavy atom. The highest BCUT2D eigenvalue weighted by Gasteiger charge is 2.47. The first-order valence-corrected chi connectivity index (χ1v) is 38.0. The van der Waals surface area contributed by atoms with E-state index in [1.54, 1.807) is 0 Å². The summed E-state index contributed by atoms with van der Waals surface area (Å²) in [4.78, 5) is 4.99. The monoisotopic (exact) mass is 1340 g/mol. The molecule has 0 saturated heterocycles. The van der Waals surface area contributed by atoms with Gasteiger partial charge in [-0.15, -0.1) is 0 Å². The minimum atomic E-state index is -0.243. The van der Waals surface area contributed by atoms with Crippen LogP contribution in [0.1, 0.15) is 158 Å². The Labute approximate surface area is 618 Å². The SMILES string of the molecule is CC(C)(C)c1cc(C(C)(C)C)c(-c2cc3c4c(cc5c(-c6c(C(C)(C)C)cc(C(C)(C)C)cc6C(C)(C)C)cc6c7c(cc2c4c57)B2c4ccccc4-c4cc(N(c5ccccc5)c5ccccc5)cc-6c42)B2c4ccccc4-c4cc(N(c5ccccc5)c5ccccc5)cc-3c42)c(C(C)(C)C)c1. The van der Waals surface area contributed by atoms with E-state index in [0.717, 1.165) is 34.1 Å². The van der Waals surface area contributed by atoms with Crippen LogP contribution in [0.15, 0.2) is 243 Å². The van der Waals surface area contributed by atoms with Crippen LogP contribution in [0, 0.1) is 0 Å². The first kappa shape index (κ1) is 65.8. The van der Waals surface area contributed by atoms with Gasteiger partial charge in [-0.25, -0.2) is 0 Å². The average Bonchev–Trinajstić information content (AvgIpc) is 1.20. The quantitative estimate of drug-likeness (QED) is 0.111. The molecule has 0 saturated carbocycles. The molecule has 14 aromatic carbocycles. The van der Waals surface area contributed by atoms with Crippen molar-refractivity contribution in [3.8, 4) is 66.8 Å². The normalized spacial score (nSPS) is 13.6. The molecule has 0 radical (unpaired) electrons. The van der Waals surface area contributed by atoms with Crippen molar-refractivity contribution in [3.05, 3.63) is 276 Å². The summed E-state index contributed by atoms with van der Waals surface area (Å²) in [7, 11) is 0. The molecule has 4 aliphatic rings. The zero-order valence-corrected chi connectivity index (χ0v) is 64.1. The maximum atomic E-state index is 2.78. The first-order chi connectivity index (χ1) is 49.4. The molecule has 0 unspecified atom stereocenters. The minimum absolute atomic E-state index is 0.0414. The molecule has 4 heteroatoms. The van der Waals surface area contributed by atoms with Gasteiger partial charge in [-0.1, -0.05) is 315 Å². The molecule has 0 aromatic heterocycles. The number of rotatable bonds is 8. The smallest absolute Gasteiger partial charge is 0.244 e. The largest absolute Gasteiger partial charge is 0.310 e. The van der Waals surface area contributed by atoms with Crippen LogP contribution in [0.25, 0.3) is 99.1 Å². The van der Waals surface area contributed by atoms with Crippen LogP contribution in [-0.2, 0) is 32.5 Å². The predicted octanol–water partition coefficient (Wildman–Crippen LogP) is 23.6. The maximum absolute atomic E-state index is 2.78. The Hall–Kier alpha value is -10.2. The maximum Gasteiger partial charge on any atom is 0.244 e. The van der Waals surface area contributed by atoms with Crippen molar-refractivity contribution in [2.75, 3.05) is 9.80 Å². The molecule has 4 aliphatic heterocycles. The Balaban J connectivity index is 1.10. The van der Waals surface area contributed by atoms with Gasteiger partial charge in [0, 0.05) is 34.1 Å². The number of benzene rings is 14. The second kappa shape index (κ2) is 22.7. The van der Waals surface area contributed by atoms with Crippen molar-refractivity contribution in [1.29, 1.82) is 0 Å². The predicted molar refractivity (Wildman–Crippen MR) is 454 cm³/mol. The van der Waals surface area contributed by atoms with E-state index in [1.807, 2.05) is 0 Å². The summed E-state index contributed by atoms with van der Waals surface area (Å²) in [6.45, 7) is 43.9. The van der Waals surface area contributed by atoms with E-state index in [9.17, 15) is 0 Å². The van der Waals surface area contributed by atoms with Gasteiger partial charge >= 0.3 is 0 Å². The fraction of sp³-hybridized carbons (Fsp3) is 0.240. The highest BCUT2D eigenvalue weighted by Crippen LogP contribution is 2.57. The van der Waals surface area contributed by atoms with Crippen molar-refractivity contribution >= 4 is 113 Å². The van der Waals surface area contributed by atoms with Crippen molar-refractivity contribution in [3.63, 3.8) is 0 Å². The van der Waals surface area contributed by atoms with Crippen molar-refractivity contribution in [2.24, 2.45) is 0 Å². The van der Waals surface area contributed by atoms with Crippen LogP contribution < -0.4 is 42.6 Å². The Bertz CT molecular complexity index is 5380. The van der Waals surface area contributed by atoms with Crippen LogP contribution in [0.4, 0.5) is 34.1 Å². The number of hydrogen-bond acceptors (Lipinski definition) is 2. The fourth-order valence-corrected chi connectivity index (χ4v) is 18.9. The molecule has 0 amide bonds. The topological polar surface area (TPSA) is 6.48 Å². The van der Waals surface area contributed by atoms with E-state index in [-0.39, 0.29) is 45.9 Å². The van der Waals surface area contributed by atoms with Crippen molar-refractivity contribution < 1.29 is 0 Å². The second-order valence-electron chi connectivity index (χ2n) is 36.8. The number of fused-ring (bicyclic) bond motifs is 10. The summed E-state index contributed by atoms with van der Waals surface area (Å²) in [5.41, 5.74) is 38.2. The summed E-state index contributed by atoms with van der Waals surface area (Å²) in [6.07, 6.45) is 0. The van der Waals surface area contributed by atoms with Crippen LogP contribution in [0.2, 0.25) is 0 Å². The molecular weight excluding hydrogens is 1250 g/mol. The van der Waals surface area contributed by atoms with Crippen LogP contribution in [0.5, 0.6) is 0 Å². The lowest BCUT2D eigenvalue weighted by Crippen LogP contribution is -2.53. The Morgan fingerprint density at radius 3 is 0.760 bits per heavy atom. The van der Waals surface area contributed by atoms with Crippen LogP contribution >= 0.6 is 0 Å². The summed E-state index contributed by atoms with van der Waals surface area (Å²) < 4.78 is 0. The summed E-state index contributed by atoms with van der Waals surface area (Å²) >= 11 is 0. The zero-order valence-electron chi connectivity index (χ0n) is 64.1. The molecule has 0 atom stereocenters. The third-order valence-corrected chi connectivity index (χ3v) is 23.7. The highest BCUT2D eigenvalue weighted by atomic mass is 15.1. The van der Waals surface area contributed by atoms with E-state index < -0.39 is 0 Å². The number of hydrogen-bond donors (Lipinski definition) is 0. The summed E-state index contributed by atoms with van der Waals surface area (Å²) in [5.74, 6) is 0. The fourth-order valence-electron chi connectivity index (χ4n) is 18.9. The molecule has 0 N–H and O–H groups in total. The van der Waals surface area contributed by atoms with Crippen LogP contribution in [-0.4, -0.2) is 13.4 Å². The molecule has 0 bridgehead atoms. The first-order valence-electron chi connectivity index (χ1n) is 38.0. The standard InChI is InChI=1S/C100H94B2N2/c1-95(2,3)59-47-79(97(7,8)9)87(80(48-59)98(10,11)12)69-55-71-77-53-65(103(61-35-23-19-24-36-61)62-37-25-20-26-38-62)51-75-67-43-32-34-46-84(67)102(93(75)77)86-58-74-70(88-81(99(13,14)15)49-60(96(4,5)6)50-82(88)100(16,17)18)56-72-78-54-66(104(63-39-27-21-28-40-63)64-41-29-22-30-42-64)52-76-68-44-31-33-45-83(68)101(94(76)78)85-57-73(69)91(89(71)86)92(74)90(72)85/h19-58H,1-18H3. The average molecular weight is 1350 g/mol. The van der Waals surface area contributed by atoms with Crippen molar-refractivity contribution in [1.82, 2.24) is 0 Å². The molecule has 510 valence electrons. The summed E-state index contributed by atoms with van der Waals surface area (Å²) in [5, 5.41) is 8.16. The number of para-hydroxylation sites is 4.